The molecule has 0 unspecified atom stereocenters. The summed E-state index contributed by atoms with van der Waals surface area (Å²) in [4.78, 5) is 11.8. The van der Waals surface area contributed by atoms with Gasteiger partial charge >= 0.3 is 6.03 Å². The summed E-state index contributed by atoms with van der Waals surface area (Å²) < 4.78 is 5.32. The first-order valence-corrected chi connectivity index (χ1v) is 7.81. The van der Waals surface area contributed by atoms with Crippen LogP contribution in [-0.2, 0) is 6.42 Å². The zero-order valence-corrected chi connectivity index (χ0v) is 14.0. The zero-order valence-electron chi connectivity index (χ0n) is 14.0. The van der Waals surface area contributed by atoms with Crippen LogP contribution in [0.25, 0.3) is 0 Å². The number of aryl methyl sites for hydroxylation is 1. The van der Waals surface area contributed by atoms with Crippen LogP contribution in [0.15, 0.2) is 18.2 Å². The van der Waals surface area contributed by atoms with Crippen molar-refractivity contribution in [3.8, 4) is 5.75 Å². The molecule has 1 aromatic carbocycles. The van der Waals surface area contributed by atoms with E-state index in [0.29, 0.717) is 25.8 Å². The molecule has 124 valence electrons. The Balaban J connectivity index is 2.41. The van der Waals surface area contributed by atoms with Crippen LogP contribution in [0, 0.1) is 6.92 Å². The second-order valence-corrected chi connectivity index (χ2v) is 5.61. The van der Waals surface area contributed by atoms with Gasteiger partial charge in [-0.15, -0.1) is 0 Å². The molecular weight excluding hydrogens is 280 g/mol. The summed E-state index contributed by atoms with van der Waals surface area (Å²) in [6, 6.07) is 5.74. The van der Waals surface area contributed by atoms with Gasteiger partial charge in [-0.2, -0.15) is 0 Å². The third-order valence-corrected chi connectivity index (χ3v) is 4.01. The maximum absolute atomic E-state index is 11.8. The molecule has 3 N–H and O–H groups in total. The summed E-state index contributed by atoms with van der Waals surface area (Å²) in [7, 11) is 1.64. The van der Waals surface area contributed by atoms with Gasteiger partial charge in [0.2, 0.25) is 0 Å². The van der Waals surface area contributed by atoms with E-state index in [9.17, 15) is 9.90 Å². The van der Waals surface area contributed by atoms with Crippen LogP contribution in [0.1, 0.15) is 37.8 Å². The first-order chi connectivity index (χ1) is 10.4. The highest BCUT2D eigenvalue weighted by Gasteiger charge is 2.22. The van der Waals surface area contributed by atoms with Crippen molar-refractivity contribution < 1.29 is 14.6 Å². The van der Waals surface area contributed by atoms with Gasteiger partial charge in [-0.25, -0.2) is 4.79 Å². The SMILES string of the molecule is CCC(O)(CC)CNC(=O)NCCc1cc(C)ccc1OC. The Morgan fingerprint density at radius 1 is 1.27 bits per heavy atom. The van der Waals surface area contributed by atoms with E-state index in [2.05, 4.69) is 16.7 Å². The minimum atomic E-state index is -0.822. The lowest BCUT2D eigenvalue weighted by Crippen LogP contribution is -2.46. The van der Waals surface area contributed by atoms with E-state index in [4.69, 9.17) is 4.74 Å². The average molecular weight is 308 g/mol. The second-order valence-electron chi connectivity index (χ2n) is 5.61. The fourth-order valence-corrected chi connectivity index (χ4v) is 2.22. The van der Waals surface area contributed by atoms with Crippen LogP contribution in [0.2, 0.25) is 0 Å². The molecule has 0 saturated carbocycles. The molecule has 0 aliphatic rings. The van der Waals surface area contributed by atoms with Gasteiger partial charge in [-0.3, -0.25) is 0 Å². The number of rotatable bonds is 8. The highest BCUT2D eigenvalue weighted by Crippen LogP contribution is 2.19. The normalized spacial score (nSPS) is 11.1. The molecule has 5 heteroatoms. The fraction of sp³-hybridized carbons (Fsp3) is 0.588. The van der Waals surface area contributed by atoms with Crippen molar-refractivity contribution in [3.05, 3.63) is 29.3 Å². The summed E-state index contributed by atoms with van der Waals surface area (Å²) in [5.74, 6) is 0.833. The lowest BCUT2D eigenvalue weighted by Gasteiger charge is -2.25. The van der Waals surface area contributed by atoms with Gasteiger partial charge in [0.25, 0.3) is 0 Å². The molecule has 1 aromatic rings. The number of urea groups is 1. The maximum Gasteiger partial charge on any atom is 0.314 e. The molecule has 0 aliphatic carbocycles. The van der Waals surface area contributed by atoms with E-state index >= 15 is 0 Å². The highest BCUT2D eigenvalue weighted by atomic mass is 16.5. The first kappa shape index (κ1) is 18.3. The van der Waals surface area contributed by atoms with Crippen LogP contribution < -0.4 is 15.4 Å². The number of hydrogen-bond acceptors (Lipinski definition) is 3. The van der Waals surface area contributed by atoms with Crippen LogP contribution >= 0.6 is 0 Å². The standard InChI is InChI=1S/C17H28N2O3/c1-5-17(21,6-2)12-19-16(20)18-10-9-14-11-13(3)7-8-15(14)22-4/h7-8,11,21H,5-6,9-10,12H2,1-4H3,(H2,18,19,20). The van der Waals surface area contributed by atoms with Crippen molar-refractivity contribution in [3.63, 3.8) is 0 Å². The number of methoxy groups -OCH3 is 1. The van der Waals surface area contributed by atoms with E-state index in [1.165, 1.54) is 0 Å². The molecule has 0 radical (unpaired) electrons. The number of ether oxygens (including phenoxy) is 1. The van der Waals surface area contributed by atoms with Crippen LogP contribution in [0.4, 0.5) is 4.79 Å². The predicted octanol–water partition coefficient (Wildman–Crippen LogP) is 2.40. The second kappa shape index (κ2) is 8.63. The Kier molecular flexibility index (Phi) is 7.18. The molecule has 0 fully saturated rings. The van der Waals surface area contributed by atoms with E-state index in [1.807, 2.05) is 32.9 Å². The number of hydrogen-bond donors (Lipinski definition) is 3. The molecule has 0 atom stereocenters. The molecule has 1 rings (SSSR count). The number of amides is 2. The Morgan fingerprint density at radius 2 is 1.95 bits per heavy atom. The van der Waals surface area contributed by atoms with E-state index < -0.39 is 5.60 Å². The van der Waals surface area contributed by atoms with Crippen molar-refractivity contribution in [2.45, 2.75) is 45.6 Å². The molecule has 22 heavy (non-hydrogen) atoms. The molecule has 0 saturated heterocycles. The Labute approximate surface area is 133 Å². The predicted molar refractivity (Wildman–Crippen MR) is 88.4 cm³/mol. The average Bonchev–Trinajstić information content (AvgIpc) is 2.53. The fourth-order valence-electron chi connectivity index (χ4n) is 2.22. The zero-order chi connectivity index (χ0) is 16.6. The minimum Gasteiger partial charge on any atom is -0.496 e. The summed E-state index contributed by atoms with van der Waals surface area (Å²) in [6.07, 6.45) is 1.93. The molecule has 2 amide bonds. The summed E-state index contributed by atoms with van der Waals surface area (Å²) >= 11 is 0. The summed E-state index contributed by atoms with van der Waals surface area (Å²) in [6.45, 7) is 6.63. The monoisotopic (exact) mass is 308 g/mol. The van der Waals surface area contributed by atoms with Gasteiger partial charge in [0, 0.05) is 13.1 Å². The van der Waals surface area contributed by atoms with Gasteiger partial charge in [0.15, 0.2) is 0 Å². The van der Waals surface area contributed by atoms with E-state index in [-0.39, 0.29) is 12.6 Å². The highest BCUT2D eigenvalue weighted by molar-refractivity contribution is 5.73. The third-order valence-electron chi connectivity index (χ3n) is 4.01. The van der Waals surface area contributed by atoms with Crippen LogP contribution in [-0.4, -0.2) is 36.9 Å². The van der Waals surface area contributed by atoms with Gasteiger partial charge < -0.3 is 20.5 Å². The number of carbonyl (C=O) groups is 1. The smallest absolute Gasteiger partial charge is 0.314 e. The largest absolute Gasteiger partial charge is 0.496 e. The topological polar surface area (TPSA) is 70.6 Å². The minimum absolute atomic E-state index is 0.257. The van der Waals surface area contributed by atoms with Crippen molar-refractivity contribution in [2.75, 3.05) is 20.2 Å². The molecule has 0 aromatic heterocycles. The van der Waals surface area contributed by atoms with Crippen LogP contribution in [0.5, 0.6) is 5.75 Å². The molecule has 0 aliphatic heterocycles. The lowest BCUT2D eigenvalue weighted by atomic mass is 9.98. The van der Waals surface area contributed by atoms with E-state index in [1.54, 1.807) is 7.11 Å². The molecule has 0 heterocycles. The van der Waals surface area contributed by atoms with Gasteiger partial charge in [-0.1, -0.05) is 31.5 Å². The quantitative estimate of drug-likeness (QED) is 0.690. The molecule has 0 bridgehead atoms. The number of aliphatic hydroxyl groups is 1. The third kappa shape index (κ3) is 5.56. The Morgan fingerprint density at radius 3 is 2.55 bits per heavy atom. The number of benzene rings is 1. The molecular formula is C17H28N2O3. The molecule has 0 spiro atoms. The van der Waals surface area contributed by atoms with Crippen molar-refractivity contribution in [1.82, 2.24) is 10.6 Å². The van der Waals surface area contributed by atoms with Gasteiger partial charge in [-0.05, 0) is 37.8 Å². The first-order valence-electron chi connectivity index (χ1n) is 7.81. The number of nitrogens with one attached hydrogen (secondary N) is 2. The van der Waals surface area contributed by atoms with Crippen LogP contribution in [0.3, 0.4) is 0 Å². The lowest BCUT2D eigenvalue weighted by molar-refractivity contribution is 0.0349. The van der Waals surface area contributed by atoms with Gasteiger partial charge in [0.05, 0.1) is 12.7 Å². The summed E-state index contributed by atoms with van der Waals surface area (Å²) in [5, 5.41) is 15.6. The van der Waals surface area contributed by atoms with Crippen molar-refractivity contribution in [2.24, 2.45) is 0 Å². The molecule has 5 nitrogen and oxygen atoms in total. The number of carbonyl (C=O) groups excluding carboxylic acids is 1. The Bertz CT molecular complexity index is 485. The van der Waals surface area contributed by atoms with E-state index in [0.717, 1.165) is 16.9 Å². The van der Waals surface area contributed by atoms with Gasteiger partial charge in [0.1, 0.15) is 5.75 Å². The Hall–Kier alpha value is -1.75. The summed E-state index contributed by atoms with van der Waals surface area (Å²) in [5.41, 5.74) is 1.41. The van der Waals surface area contributed by atoms with Crippen molar-refractivity contribution >= 4 is 6.03 Å². The van der Waals surface area contributed by atoms with Crippen molar-refractivity contribution in [1.29, 1.82) is 0 Å². The maximum atomic E-state index is 11.8.